The fourth-order valence-electron chi connectivity index (χ4n) is 2.20. The van der Waals surface area contributed by atoms with E-state index in [1.165, 1.54) is 4.88 Å². The summed E-state index contributed by atoms with van der Waals surface area (Å²) in [5, 5.41) is 3.60. The Labute approximate surface area is 138 Å². The monoisotopic (exact) mass is 369 g/mol. The Morgan fingerprint density at radius 1 is 1.19 bits per heavy atom. The standard InChI is InChI=1S/C16H20BrNO2S/c1-4-9-18-16(14-7-8-15(17)21-14)12-10-11(19-2)5-6-13(12)20-3/h5-8,10,16,18H,4,9H2,1-3H3. The number of hydrogen-bond acceptors (Lipinski definition) is 4. The summed E-state index contributed by atoms with van der Waals surface area (Å²) in [6, 6.07) is 10.2. The maximum absolute atomic E-state index is 5.53. The summed E-state index contributed by atoms with van der Waals surface area (Å²) in [6.07, 6.45) is 1.08. The first-order chi connectivity index (χ1) is 10.2. The van der Waals surface area contributed by atoms with Crippen molar-refractivity contribution in [1.29, 1.82) is 0 Å². The molecule has 1 aromatic carbocycles. The first-order valence-corrected chi connectivity index (χ1v) is 8.51. The van der Waals surface area contributed by atoms with Crippen LogP contribution in [0.25, 0.3) is 0 Å². The number of rotatable bonds is 7. The van der Waals surface area contributed by atoms with Crippen molar-refractivity contribution in [2.45, 2.75) is 19.4 Å². The van der Waals surface area contributed by atoms with Crippen LogP contribution in [-0.2, 0) is 0 Å². The molecule has 0 aliphatic heterocycles. The zero-order valence-corrected chi connectivity index (χ0v) is 14.9. The minimum absolute atomic E-state index is 0.103. The van der Waals surface area contributed by atoms with Crippen molar-refractivity contribution in [1.82, 2.24) is 5.32 Å². The highest BCUT2D eigenvalue weighted by molar-refractivity contribution is 9.11. The third-order valence-corrected chi connectivity index (χ3v) is 4.91. The van der Waals surface area contributed by atoms with Gasteiger partial charge in [-0.05, 0) is 59.2 Å². The van der Waals surface area contributed by atoms with Gasteiger partial charge in [-0.1, -0.05) is 6.92 Å². The number of methoxy groups -OCH3 is 2. The molecule has 1 unspecified atom stereocenters. The van der Waals surface area contributed by atoms with Crippen LogP contribution in [0.15, 0.2) is 34.1 Å². The first kappa shape index (κ1) is 16.3. The fourth-order valence-corrected chi connectivity index (χ4v) is 3.72. The average molecular weight is 370 g/mol. The molecule has 1 aromatic heterocycles. The Hall–Kier alpha value is -1.04. The molecule has 0 radical (unpaired) electrons. The first-order valence-electron chi connectivity index (χ1n) is 6.90. The smallest absolute Gasteiger partial charge is 0.124 e. The predicted octanol–water partition coefficient (Wildman–Crippen LogP) is 4.62. The molecule has 2 rings (SSSR count). The van der Waals surface area contributed by atoms with E-state index in [0.717, 1.165) is 33.8 Å². The van der Waals surface area contributed by atoms with Gasteiger partial charge in [-0.15, -0.1) is 11.3 Å². The summed E-state index contributed by atoms with van der Waals surface area (Å²) in [7, 11) is 3.38. The second-order valence-electron chi connectivity index (χ2n) is 4.64. The van der Waals surface area contributed by atoms with Crippen molar-refractivity contribution in [2.75, 3.05) is 20.8 Å². The maximum Gasteiger partial charge on any atom is 0.124 e. The Balaban J connectivity index is 2.44. The molecular weight excluding hydrogens is 350 g/mol. The van der Waals surface area contributed by atoms with Gasteiger partial charge in [0.05, 0.1) is 24.0 Å². The number of ether oxygens (including phenoxy) is 2. The SMILES string of the molecule is CCCNC(c1ccc(Br)s1)c1cc(OC)ccc1OC. The van der Waals surface area contributed by atoms with Crippen molar-refractivity contribution in [3.8, 4) is 11.5 Å². The molecule has 2 aromatic rings. The van der Waals surface area contributed by atoms with Crippen molar-refractivity contribution < 1.29 is 9.47 Å². The summed E-state index contributed by atoms with van der Waals surface area (Å²) in [5.74, 6) is 1.71. The molecule has 1 heterocycles. The largest absolute Gasteiger partial charge is 0.497 e. The van der Waals surface area contributed by atoms with Gasteiger partial charge in [0.2, 0.25) is 0 Å². The van der Waals surface area contributed by atoms with Crippen LogP contribution in [0.4, 0.5) is 0 Å². The van der Waals surface area contributed by atoms with E-state index in [0.29, 0.717) is 0 Å². The van der Waals surface area contributed by atoms with Crippen LogP contribution >= 0.6 is 27.3 Å². The average Bonchev–Trinajstić information content (AvgIpc) is 2.93. The van der Waals surface area contributed by atoms with Gasteiger partial charge in [-0.25, -0.2) is 0 Å². The lowest BCUT2D eigenvalue weighted by Gasteiger charge is -2.21. The highest BCUT2D eigenvalue weighted by atomic mass is 79.9. The fraction of sp³-hybridized carbons (Fsp3) is 0.375. The molecule has 0 bridgehead atoms. The number of benzene rings is 1. The van der Waals surface area contributed by atoms with Crippen LogP contribution in [0, 0.1) is 0 Å². The predicted molar refractivity (Wildman–Crippen MR) is 91.7 cm³/mol. The van der Waals surface area contributed by atoms with Crippen LogP contribution < -0.4 is 14.8 Å². The minimum atomic E-state index is 0.103. The second kappa shape index (κ2) is 7.82. The number of thiophene rings is 1. The van der Waals surface area contributed by atoms with Crippen molar-refractivity contribution >= 4 is 27.3 Å². The Bertz CT molecular complexity index is 585. The van der Waals surface area contributed by atoms with E-state index in [2.05, 4.69) is 40.3 Å². The van der Waals surface area contributed by atoms with E-state index in [4.69, 9.17) is 9.47 Å². The number of hydrogen-bond donors (Lipinski definition) is 1. The van der Waals surface area contributed by atoms with E-state index in [1.54, 1.807) is 25.6 Å². The normalized spacial score (nSPS) is 12.2. The van der Waals surface area contributed by atoms with Crippen molar-refractivity contribution in [2.24, 2.45) is 0 Å². The quantitative estimate of drug-likeness (QED) is 0.772. The van der Waals surface area contributed by atoms with E-state index in [-0.39, 0.29) is 6.04 Å². The summed E-state index contributed by atoms with van der Waals surface area (Å²) in [6.45, 7) is 3.11. The molecule has 0 amide bonds. The van der Waals surface area contributed by atoms with E-state index in [9.17, 15) is 0 Å². The molecular formula is C16H20BrNO2S. The molecule has 5 heteroatoms. The number of nitrogens with one attached hydrogen (secondary N) is 1. The van der Waals surface area contributed by atoms with Crippen molar-refractivity contribution in [3.05, 3.63) is 44.6 Å². The van der Waals surface area contributed by atoms with Crippen LogP contribution in [0.3, 0.4) is 0 Å². The third kappa shape index (κ3) is 3.99. The van der Waals surface area contributed by atoms with Gasteiger partial charge in [0, 0.05) is 10.4 Å². The lowest BCUT2D eigenvalue weighted by molar-refractivity contribution is 0.394. The van der Waals surface area contributed by atoms with Gasteiger partial charge in [0.25, 0.3) is 0 Å². The summed E-state index contributed by atoms with van der Waals surface area (Å²) in [5.41, 5.74) is 1.10. The van der Waals surface area contributed by atoms with Crippen LogP contribution in [0.2, 0.25) is 0 Å². The summed E-state index contributed by atoms with van der Waals surface area (Å²) < 4.78 is 12.0. The van der Waals surface area contributed by atoms with Gasteiger partial charge >= 0.3 is 0 Å². The molecule has 0 saturated carbocycles. The van der Waals surface area contributed by atoms with Crippen LogP contribution in [0.5, 0.6) is 11.5 Å². The zero-order valence-electron chi connectivity index (χ0n) is 12.5. The lowest BCUT2D eigenvalue weighted by atomic mass is 10.0. The highest BCUT2D eigenvalue weighted by Crippen LogP contribution is 2.37. The van der Waals surface area contributed by atoms with Crippen molar-refractivity contribution in [3.63, 3.8) is 0 Å². The lowest BCUT2D eigenvalue weighted by Crippen LogP contribution is -2.23. The van der Waals surface area contributed by atoms with Gasteiger partial charge < -0.3 is 14.8 Å². The van der Waals surface area contributed by atoms with Gasteiger partial charge in [0.1, 0.15) is 11.5 Å². The van der Waals surface area contributed by atoms with E-state index >= 15 is 0 Å². The Morgan fingerprint density at radius 3 is 2.57 bits per heavy atom. The third-order valence-electron chi connectivity index (χ3n) is 3.22. The molecule has 114 valence electrons. The van der Waals surface area contributed by atoms with Crippen LogP contribution in [0.1, 0.15) is 29.8 Å². The minimum Gasteiger partial charge on any atom is -0.497 e. The summed E-state index contributed by atoms with van der Waals surface area (Å²) in [4.78, 5) is 1.25. The number of halogens is 1. The molecule has 0 aliphatic rings. The van der Waals surface area contributed by atoms with Crippen LogP contribution in [-0.4, -0.2) is 20.8 Å². The molecule has 0 spiro atoms. The van der Waals surface area contributed by atoms with Gasteiger partial charge in [0.15, 0.2) is 0 Å². The highest BCUT2D eigenvalue weighted by Gasteiger charge is 2.20. The van der Waals surface area contributed by atoms with E-state index in [1.807, 2.05) is 18.2 Å². The Kier molecular flexibility index (Phi) is 6.08. The van der Waals surface area contributed by atoms with Gasteiger partial charge in [-0.3, -0.25) is 0 Å². The molecule has 3 nitrogen and oxygen atoms in total. The molecule has 0 aliphatic carbocycles. The topological polar surface area (TPSA) is 30.5 Å². The molecule has 0 saturated heterocycles. The molecule has 1 N–H and O–H groups in total. The summed E-state index contributed by atoms with van der Waals surface area (Å²) >= 11 is 5.27. The maximum atomic E-state index is 5.53. The molecule has 21 heavy (non-hydrogen) atoms. The zero-order chi connectivity index (χ0) is 15.2. The van der Waals surface area contributed by atoms with E-state index < -0.39 is 0 Å². The van der Waals surface area contributed by atoms with Gasteiger partial charge in [-0.2, -0.15) is 0 Å². The molecule has 1 atom stereocenters. The Morgan fingerprint density at radius 2 is 2.00 bits per heavy atom. The molecule has 0 fully saturated rings. The second-order valence-corrected chi connectivity index (χ2v) is 7.13.